The average molecular weight is 636 g/mol. The Bertz CT molecular complexity index is 1840. The molecule has 1 aromatic heterocycles. The van der Waals surface area contributed by atoms with E-state index in [1.165, 1.54) is 6.07 Å². The van der Waals surface area contributed by atoms with E-state index in [0.29, 0.717) is 40.6 Å². The van der Waals surface area contributed by atoms with Gasteiger partial charge in [0.05, 0.1) is 21.9 Å². The number of pyridine rings is 1. The number of rotatable bonds is 4. The first-order valence-corrected chi connectivity index (χ1v) is 15.9. The summed E-state index contributed by atoms with van der Waals surface area (Å²) in [6, 6.07) is 5.01. The molecular weight excluding hydrogens is 594 g/mol. The van der Waals surface area contributed by atoms with Gasteiger partial charge in [0.25, 0.3) is 0 Å². The topological polar surface area (TPSA) is 147 Å². The van der Waals surface area contributed by atoms with Gasteiger partial charge in [-0.25, -0.2) is 9.59 Å². The van der Waals surface area contributed by atoms with Gasteiger partial charge in [-0.15, -0.1) is 0 Å². The lowest BCUT2D eigenvalue weighted by Gasteiger charge is -2.46. The maximum atomic E-state index is 14.5. The van der Waals surface area contributed by atoms with Crippen LogP contribution in [0.5, 0.6) is 5.75 Å². The van der Waals surface area contributed by atoms with Crippen molar-refractivity contribution >= 4 is 34.8 Å². The van der Waals surface area contributed by atoms with Gasteiger partial charge in [0, 0.05) is 22.3 Å². The number of fused-ring (bicyclic) bond motifs is 7. The molecule has 2 aliphatic carbocycles. The molecule has 3 aliphatic heterocycles. The van der Waals surface area contributed by atoms with Gasteiger partial charge in [0.15, 0.2) is 12.2 Å². The van der Waals surface area contributed by atoms with Crippen molar-refractivity contribution in [2.75, 3.05) is 0 Å². The van der Waals surface area contributed by atoms with Crippen LogP contribution in [0.15, 0.2) is 23.0 Å². The van der Waals surface area contributed by atoms with Crippen molar-refractivity contribution in [3.05, 3.63) is 39.7 Å². The molecule has 0 spiro atoms. The molecule has 46 heavy (non-hydrogen) atoms. The van der Waals surface area contributed by atoms with E-state index in [9.17, 15) is 24.0 Å². The number of esters is 4. The molecule has 2 aromatic rings. The van der Waals surface area contributed by atoms with Crippen LogP contribution in [0.25, 0.3) is 10.9 Å². The smallest absolute Gasteiger partial charge is 0.351 e. The Labute approximate surface area is 266 Å². The largest absolute Gasteiger partial charge is 0.483 e. The van der Waals surface area contributed by atoms with E-state index in [1.54, 1.807) is 40.7 Å². The average Bonchev–Trinajstić information content (AvgIpc) is 3.42. The lowest BCUT2D eigenvalue weighted by atomic mass is 9.66. The molecule has 1 aromatic carbocycles. The van der Waals surface area contributed by atoms with Crippen molar-refractivity contribution in [3.63, 3.8) is 0 Å². The molecule has 4 fully saturated rings. The normalized spacial score (nSPS) is 37.3. The van der Waals surface area contributed by atoms with E-state index in [4.69, 9.17) is 23.7 Å². The van der Waals surface area contributed by atoms with Crippen molar-refractivity contribution in [3.8, 4) is 5.75 Å². The van der Waals surface area contributed by atoms with Crippen molar-refractivity contribution in [1.29, 1.82) is 0 Å². The zero-order valence-electron chi connectivity index (χ0n) is 27.8. The van der Waals surface area contributed by atoms with Gasteiger partial charge in [-0.3, -0.25) is 14.4 Å². The molecule has 4 heterocycles. The van der Waals surface area contributed by atoms with E-state index >= 15 is 0 Å². The van der Waals surface area contributed by atoms with Gasteiger partial charge in [0.2, 0.25) is 16.8 Å². The van der Waals surface area contributed by atoms with E-state index in [-0.39, 0.29) is 18.4 Å². The number of benzene rings is 1. The molecule has 5 aliphatic rings. The first-order chi connectivity index (χ1) is 21.2. The molecule has 246 valence electrons. The highest BCUT2D eigenvalue weighted by Crippen LogP contribution is 2.67. The molecule has 0 radical (unpaired) electrons. The second-order valence-electron chi connectivity index (χ2n) is 15.9. The Morgan fingerprint density at radius 2 is 1.28 bits per heavy atom. The Kier molecular flexibility index (Phi) is 5.83. The second kappa shape index (κ2) is 8.72. The van der Waals surface area contributed by atoms with E-state index in [1.807, 2.05) is 33.8 Å². The number of aromatic amines is 1. The first-order valence-electron chi connectivity index (χ1n) is 15.9. The van der Waals surface area contributed by atoms with Gasteiger partial charge in [-0.1, -0.05) is 27.7 Å². The van der Waals surface area contributed by atoms with Crippen LogP contribution in [0.1, 0.15) is 98.3 Å². The van der Waals surface area contributed by atoms with Crippen LogP contribution in [0.3, 0.4) is 0 Å². The molecule has 7 rings (SSSR count). The van der Waals surface area contributed by atoms with Crippen LogP contribution in [-0.2, 0) is 38.1 Å². The van der Waals surface area contributed by atoms with Gasteiger partial charge < -0.3 is 28.7 Å². The summed E-state index contributed by atoms with van der Waals surface area (Å²) in [4.78, 5) is 70.5. The van der Waals surface area contributed by atoms with E-state index < -0.39 is 74.5 Å². The molecule has 4 unspecified atom stereocenters. The highest BCUT2D eigenvalue weighted by atomic mass is 16.7. The molecule has 2 saturated heterocycles. The SMILES string of the molecule is Cc1cc(=O)[nH]c2c3c(ccc12)OC(C)(C)[C@H](OC(=O)C12CCC(C)(C(=O)O1)C2(C)C)[C@@H]3OC(=O)C12CCC(C)(C(=O)O1)C2(C)C. The Hall–Kier alpha value is -3.89. The third-order valence-corrected chi connectivity index (χ3v) is 13.1. The highest BCUT2D eigenvalue weighted by molar-refractivity contribution is 5.95. The molecule has 0 amide bonds. The molecule has 6 atom stereocenters. The summed E-state index contributed by atoms with van der Waals surface area (Å²) in [7, 11) is 0. The van der Waals surface area contributed by atoms with Gasteiger partial charge in [0.1, 0.15) is 11.4 Å². The minimum Gasteiger partial charge on any atom is -0.483 e. The Morgan fingerprint density at radius 3 is 1.76 bits per heavy atom. The molecular formula is C35H41NO10. The number of hydrogen-bond acceptors (Lipinski definition) is 10. The summed E-state index contributed by atoms with van der Waals surface area (Å²) in [5.74, 6) is -2.12. The number of aryl methyl sites for hydroxylation is 1. The summed E-state index contributed by atoms with van der Waals surface area (Å²) in [6.45, 7) is 16.1. The molecule has 1 N–H and O–H groups in total. The minimum atomic E-state index is -1.57. The number of H-pyrrole nitrogens is 1. The third-order valence-electron chi connectivity index (χ3n) is 13.1. The van der Waals surface area contributed by atoms with Gasteiger partial charge in [-0.05, 0) is 78.0 Å². The Morgan fingerprint density at radius 1 is 0.761 bits per heavy atom. The second-order valence-corrected chi connectivity index (χ2v) is 15.9. The van der Waals surface area contributed by atoms with Crippen LogP contribution < -0.4 is 10.3 Å². The lowest BCUT2D eigenvalue weighted by molar-refractivity contribution is -0.217. The predicted molar refractivity (Wildman–Crippen MR) is 163 cm³/mol. The number of nitrogens with one attached hydrogen (secondary N) is 1. The minimum absolute atomic E-state index is 0.266. The maximum absolute atomic E-state index is 14.5. The van der Waals surface area contributed by atoms with Crippen LogP contribution in [-0.4, -0.2) is 51.8 Å². The molecule has 2 saturated carbocycles. The lowest BCUT2D eigenvalue weighted by Crippen LogP contribution is -2.57. The summed E-state index contributed by atoms with van der Waals surface area (Å²) >= 11 is 0. The summed E-state index contributed by atoms with van der Waals surface area (Å²) in [5.41, 5.74) is -6.93. The van der Waals surface area contributed by atoms with E-state index in [0.717, 1.165) is 0 Å². The fourth-order valence-electron chi connectivity index (χ4n) is 8.88. The van der Waals surface area contributed by atoms with Crippen LogP contribution in [0, 0.1) is 28.6 Å². The van der Waals surface area contributed by atoms with E-state index in [2.05, 4.69) is 4.98 Å². The molecule has 11 nitrogen and oxygen atoms in total. The molecule has 4 bridgehead atoms. The highest BCUT2D eigenvalue weighted by Gasteiger charge is 2.78. The van der Waals surface area contributed by atoms with Crippen LogP contribution >= 0.6 is 0 Å². The first kappa shape index (κ1) is 30.7. The molecule has 11 heteroatoms. The van der Waals surface area contributed by atoms with Crippen LogP contribution in [0.4, 0.5) is 0 Å². The summed E-state index contributed by atoms with van der Waals surface area (Å²) in [6.07, 6.45) is -1.12. The van der Waals surface area contributed by atoms with Gasteiger partial charge >= 0.3 is 23.9 Å². The van der Waals surface area contributed by atoms with Crippen molar-refractivity contribution < 1.29 is 42.9 Å². The quantitative estimate of drug-likeness (QED) is 0.369. The van der Waals surface area contributed by atoms with Crippen molar-refractivity contribution in [2.24, 2.45) is 21.7 Å². The zero-order chi connectivity index (χ0) is 33.6. The number of hydrogen-bond donors (Lipinski definition) is 1. The number of aromatic nitrogens is 1. The number of ether oxygens (including phenoxy) is 5. The number of carbonyl (C=O) groups is 4. The number of carbonyl (C=O) groups excluding carboxylic acids is 4. The van der Waals surface area contributed by atoms with Crippen molar-refractivity contribution in [2.45, 2.75) is 117 Å². The van der Waals surface area contributed by atoms with Crippen LogP contribution in [0.2, 0.25) is 0 Å². The third kappa shape index (κ3) is 3.31. The van der Waals surface area contributed by atoms with Crippen molar-refractivity contribution in [1.82, 2.24) is 4.98 Å². The zero-order valence-corrected chi connectivity index (χ0v) is 27.8. The summed E-state index contributed by atoms with van der Waals surface area (Å²) in [5, 5.41) is 0.683. The maximum Gasteiger partial charge on any atom is 0.351 e. The standard InChI is InChI=1S/C35H41NO10/c1-17-16-20(37)36-22-18(17)10-11-19-21(22)23(42-27(40)34-14-12-32(8,25(38)45-34)30(34,4)5)24(29(2,3)44-19)43-28(41)35-15-13-33(9,26(39)46-35)31(35,6)7/h10-11,16,23-24H,12-15H2,1-9H3,(H,36,37)/t23-,24-,32?,33?,34?,35?/m1/s1. The Balaban J connectivity index is 1.37. The monoisotopic (exact) mass is 635 g/mol. The predicted octanol–water partition coefficient (Wildman–Crippen LogP) is 4.75. The fraction of sp³-hybridized carbons (Fsp3) is 0.629. The van der Waals surface area contributed by atoms with Gasteiger partial charge in [-0.2, -0.15) is 0 Å². The fourth-order valence-corrected chi connectivity index (χ4v) is 8.88. The summed E-state index contributed by atoms with van der Waals surface area (Å²) < 4.78 is 30.9.